The van der Waals surface area contributed by atoms with Gasteiger partial charge < -0.3 is 47.6 Å². The van der Waals surface area contributed by atoms with Gasteiger partial charge in [0.25, 0.3) is 0 Å². The summed E-state index contributed by atoms with van der Waals surface area (Å²) in [5, 5.41) is 27.2. The predicted octanol–water partition coefficient (Wildman–Crippen LogP) is -0.464. The van der Waals surface area contributed by atoms with Crippen molar-refractivity contribution in [2.24, 2.45) is 11.5 Å². The van der Waals surface area contributed by atoms with E-state index in [9.17, 15) is 29.1 Å². The Balaban J connectivity index is 1.84. The number of para-hydroxylation sites is 1. The molecule has 4 unspecified atom stereocenters. The summed E-state index contributed by atoms with van der Waals surface area (Å²) >= 11 is 0. The minimum absolute atomic E-state index is 0.0163. The molecule has 0 aliphatic rings. The molecule has 1 aromatic carbocycles. The number of unbranched alkanes of at least 4 members (excludes halogenated alkanes) is 1. The van der Waals surface area contributed by atoms with Crippen LogP contribution in [-0.4, -0.2) is 85.5 Å². The highest BCUT2D eigenvalue weighted by atomic mass is 16.4. The molecule has 3 amide bonds. The summed E-state index contributed by atoms with van der Waals surface area (Å²) in [7, 11) is 0. The van der Waals surface area contributed by atoms with Crippen molar-refractivity contribution in [1.82, 2.24) is 30.9 Å². The molecule has 15 nitrogen and oxygen atoms in total. The topological polar surface area (TPSA) is 258 Å². The third kappa shape index (κ3) is 9.93. The number of amides is 3. The van der Waals surface area contributed by atoms with E-state index in [0.29, 0.717) is 30.6 Å². The first-order chi connectivity index (χ1) is 20.6. The van der Waals surface area contributed by atoms with Crippen molar-refractivity contribution in [3.8, 4) is 0 Å². The summed E-state index contributed by atoms with van der Waals surface area (Å²) in [5.74, 6) is -4.54. The maximum Gasteiger partial charge on any atom is 0.326 e. The Hall–Kier alpha value is -4.76. The molecule has 0 spiro atoms. The van der Waals surface area contributed by atoms with Gasteiger partial charge in [-0.2, -0.15) is 0 Å². The number of nitrogens with zero attached hydrogens (tertiary/aromatic N) is 1. The Morgan fingerprint density at radius 1 is 0.860 bits per heavy atom. The molecule has 232 valence electrons. The zero-order chi connectivity index (χ0) is 31.4. The van der Waals surface area contributed by atoms with E-state index in [1.807, 2.05) is 24.3 Å². The first-order valence-electron chi connectivity index (χ1n) is 13.9. The van der Waals surface area contributed by atoms with Crippen LogP contribution in [0.1, 0.15) is 43.4 Å². The highest BCUT2D eigenvalue weighted by Gasteiger charge is 2.31. The molecule has 3 aromatic rings. The van der Waals surface area contributed by atoms with Crippen LogP contribution in [0, 0.1) is 0 Å². The number of benzene rings is 1. The van der Waals surface area contributed by atoms with Gasteiger partial charge in [0.1, 0.15) is 18.1 Å². The van der Waals surface area contributed by atoms with Crippen LogP contribution in [0.4, 0.5) is 0 Å². The first-order valence-corrected chi connectivity index (χ1v) is 13.9. The molecule has 0 fully saturated rings. The lowest BCUT2D eigenvalue weighted by molar-refractivity contribution is -0.142. The number of aromatic nitrogens is 3. The van der Waals surface area contributed by atoms with Crippen LogP contribution < -0.4 is 27.4 Å². The number of fused-ring (bicyclic) bond motifs is 1. The Morgan fingerprint density at radius 3 is 2.19 bits per heavy atom. The molecule has 43 heavy (non-hydrogen) atoms. The van der Waals surface area contributed by atoms with Crippen LogP contribution >= 0.6 is 0 Å². The molecule has 0 saturated heterocycles. The second-order valence-electron chi connectivity index (χ2n) is 10.2. The second kappa shape index (κ2) is 16.0. The molecule has 0 saturated carbocycles. The van der Waals surface area contributed by atoms with Gasteiger partial charge >= 0.3 is 11.9 Å². The number of carbonyl (C=O) groups excluding carboxylic acids is 3. The number of hydrogen-bond donors (Lipinski definition) is 9. The summed E-state index contributed by atoms with van der Waals surface area (Å²) in [6.45, 7) is 0.377. The third-order valence-electron chi connectivity index (χ3n) is 6.91. The standard InChI is InChI=1S/C28H38N8O7/c29-10-4-3-7-21(28(42)43)34-27(41)23(12-17-14-31-15-33-17)36-26(40)22(35-25(39)19(30)8-9-24(37)38)11-16-13-32-20-6-2-1-5-18(16)20/h1-2,5-6,13-15,19,21-23,32H,3-4,7-12,29-30H2,(H,31,33)(H,34,41)(H,35,39)(H,36,40)(H,37,38)(H,42,43). The lowest BCUT2D eigenvalue weighted by atomic mass is 10.0. The smallest absolute Gasteiger partial charge is 0.326 e. The summed E-state index contributed by atoms with van der Waals surface area (Å²) in [4.78, 5) is 72.6. The van der Waals surface area contributed by atoms with Gasteiger partial charge in [-0.05, 0) is 43.9 Å². The summed E-state index contributed by atoms with van der Waals surface area (Å²) in [5.41, 5.74) is 13.4. The average molecular weight is 599 g/mol. The Kier molecular flexibility index (Phi) is 12.2. The van der Waals surface area contributed by atoms with Crippen molar-refractivity contribution in [3.05, 3.63) is 54.2 Å². The molecule has 0 aliphatic carbocycles. The number of hydrogen-bond acceptors (Lipinski definition) is 8. The number of aliphatic carboxylic acids is 2. The maximum absolute atomic E-state index is 13.7. The third-order valence-corrected chi connectivity index (χ3v) is 6.91. The van der Waals surface area contributed by atoms with Crippen molar-refractivity contribution < 1.29 is 34.2 Å². The number of carboxylic acids is 2. The number of aromatic amines is 2. The zero-order valence-corrected chi connectivity index (χ0v) is 23.5. The molecular weight excluding hydrogens is 560 g/mol. The lowest BCUT2D eigenvalue weighted by Gasteiger charge is -2.25. The van der Waals surface area contributed by atoms with Gasteiger partial charge in [0, 0.05) is 48.3 Å². The molecule has 0 bridgehead atoms. The van der Waals surface area contributed by atoms with E-state index in [0.717, 1.165) is 10.9 Å². The number of nitrogens with two attached hydrogens (primary N) is 2. The highest BCUT2D eigenvalue weighted by molar-refractivity contribution is 5.95. The van der Waals surface area contributed by atoms with E-state index in [1.54, 1.807) is 6.20 Å². The van der Waals surface area contributed by atoms with Crippen LogP contribution in [0.25, 0.3) is 10.9 Å². The van der Waals surface area contributed by atoms with Crippen LogP contribution in [0.5, 0.6) is 0 Å². The van der Waals surface area contributed by atoms with Gasteiger partial charge in [0.2, 0.25) is 17.7 Å². The fourth-order valence-electron chi connectivity index (χ4n) is 4.54. The molecule has 4 atom stereocenters. The fourth-order valence-corrected chi connectivity index (χ4v) is 4.54. The maximum atomic E-state index is 13.7. The highest BCUT2D eigenvalue weighted by Crippen LogP contribution is 2.19. The fraction of sp³-hybridized carbons (Fsp3) is 0.429. The number of carbonyl (C=O) groups is 5. The van der Waals surface area contributed by atoms with Crippen molar-refractivity contribution in [3.63, 3.8) is 0 Å². The predicted molar refractivity (Wildman–Crippen MR) is 155 cm³/mol. The molecular formula is C28H38N8O7. The number of imidazole rings is 1. The minimum Gasteiger partial charge on any atom is -0.481 e. The normalized spacial score (nSPS) is 13.9. The van der Waals surface area contributed by atoms with Gasteiger partial charge in [0.15, 0.2) is 0 Å². The number of H-pyrrole nitrogens is 2. The van der Waals surface area contributed by atoms with E-state index >= 15 is 0 Å². The largest absolute Gasteiger partial charge is 0.481 e. The molecule has 0 aliphatic heterocycles. The van der Waals surface area contributed by atoms with Crippen molar-refractivity contribution in [2.45, 2.75) is 69.1 Å². The molecule has 11 N–H and O–H groups in total. The average Bonchev–Trinajstić information content (AvgIpc) is 3.64. The molecule has 15 heteroatoms. The molecule has 2 aromatic heterocycles. The van der Waals surface area contributed by atoms with Gasteiger partial charge in [0.05, 0.1) is 12.4 Å². The van der Waals surface area contributed by atoms with Crippen LogP contribution in [0.2, 0.25) is 0 Å². The SMILES string of the molecule is NCCCCC(NC(=O)C(Cc1cnc[nH]1)NC(=O)C(Cc1c[nH]c2ccccc12)NC(=O)C(N)CCC(=O)O)C(=O)O. The molecule has 3 rings (SSSR count). The van der Waals surface area contributed by atoms with Crippen molar-refractivity contribution in [2.75, 3.05) is 6.54 Å². The van der Waals surface area contributed by atoms with Gasteiger partial charge in [-0.15, -0.1) is 0 Å². The number of nitrogens with one attached hydrogen (secondary N) is 5. The number of rotatable bonds is 18. The van der Waals surface area contributed by atoms with Crippen molar-refractivity contribution in [1.29, 1.82) is 0 Å². The monoisotopic (exact) mass is 598 g/mol. The summed E-state index contributed by atoms with van der Waals surface area (Å²) < 4.78 is 0. The zero-order valence-electron chi connectivity index (χ0n) is 23.5. The van der Waals surface area contributed by atoms with Gasteiger partial charge in [-0.25, -0.2) is 9.78 Å². The van der Waals surface area contributed by atoms with E-state index < -0.39 is 53.8 Å². The van der Waals surface area contributed by atoms with E-state index in [2.05, 4.69) is 30.9 Å². The van der Waals surface area contributed by atoms with Crippen molar-refractivity contribution >= 4 is 40.6 Å². The first kappa shape index (κ1) is 32.8. The van der Waals surface area contributed by atoms with Crippen LogP contribution in [-0.2, 0) is 36.8 Å². The molecule has 2 heterocycles. The minimum atomic E-state index is -1.23. The quantitative estimate of drug-likeness (QED) is 0.0851. The summed E-state index contributed by atoms with van der Waals surface area (Å²) in [6, 6.07) is 2.54. The van der Waals surface area contributed by atoms with Gasteiger partial charge in [-0.1, -0.05) is 18.2 Å². The Labute approximate surface area is 247 Å². The van der Waals surface area contributed by atoms with Crippen LogP contribution in [0.3, 0.4) is 0 Å². The molecule has 0 radical (unpaired) electrons. The van der Waals surface area contributed by atoms with Gasteiger partial charge in [-0.3, -0.25) is 19.2 Å². The van der Waals surface area contributed by atoms with E-state index in [4.69, 9.17) is 16.6 Å². The summed E-state index contributed by atoms with van der Waals surface area (Å²) in [6.07, 6.45) is 5.27. The number of carboxylic acid groups (broad SMARTS) is 2. The van der Waals surface area contributed by atoms with E-state index in [-0.39, 0.29) is 32.1 Å². The van der Waals surface area contributed by atoms with E-state index in [1.165, 1.54) is 12.5 Å². The Morgan fingerprint density at radius 2 is 1.53 bits per heavy atom. The Bertz CT molecular complexity index is 1390. The lowest BCUT2D eigenvalue weighted by Crippen LogP contribution is -2.58. The second-order valence-corrected chi connectivity index (χ2v) is 10.2. The van der Waals surface area contributed by atoms with Crippen LogP contribution in [0.15, 0.2) is 43.0 Å².